The standard InChI is InChI=1S/C14H23N3O2/c1-3-7-15-12-10-13(19-9-4-8-18-2)17-14(16-12)11-5-6-11/h10-11H,3-9H2,1-2H3,(H,15,16,17). The second-order valence-corrected chi connectivity index (χ2v) is 4.85. The fourth-order valence-electron chi connectivity index (χ4n) is 1.76. The monoisotopic (exact) mass is 265 g/mol. The maximum absolute atomic E-state index is 5.68. The van der Waals surface area contributed by atoms with E-state index in [1.54, 1.807) is 7.11 Å². The molecule has 0 radical (unpaired) electrons. The first-order valence-electron chi connectivity index (χ1n) is 7.08. The Balaban J connectivity index is 1.97. The minimum atomic E-state index is 0.532. The van der Waals surface area contributed by atoms with E-state index in [0.717, 1.165) is 31.0 Å². The molecule has 1 fully saturated rings. The van der Waals surface area contributed by atoms with Crippen molar-refractivity contribution >= 4 is 5.82 Å². The maximum atomic E-state index is 5.68. The molecule has 0 saturated heterocycles. The van der Waals surface area contributed by atoms with Crippen molar-refractivity contribution in [1.29, 1.82) is 0 Å². The van der Waals surface area contributed by atoms with Gasteiger partial charge in [-0.15, -0.1) is 0 Å². The lowest BCUT2D eigenvalue weighted by Gasteiger charge is -2.10. The van der Waals surface area contributed by atoms with Crippen LogP contribution in [0.4, 0.5) is 5.82 Å². The zero-order valence-corrected chi connectivity index (χ0v) is 11.8. The molecule has 0 atom stereocenters. The van der Waals surface area contributed by atoms with Gasteiger partial charge in [-0.25, -0.2) is 4.98 Å². The minimum absolute atomic E-state index is 0.532. The molecule has 0 spiro atoms. The van der Waals surface area contributed by atoms with Gasteiger partial charge in [0.1, 0.15) is 11.6 Å². The third-order valence-electron chi connectivity index (χ3n) is 2.96. The van der Waals surface area contributed by atoms with Crippen molar-refractivity contribution in [2.75, 3.05) is 32.2 Å². The number of aromatic nitrogens is 2. The van der Waals surface area contributed by atoms with Crippen LogP contribution < -0.4 is 10.1 Å². The number of rotatable bonds is 9. The predicted octanol–water partition coefficient (Wildman–Crippen LogP) is 2.59. The predicted molar refractivity (Wildman–Crippen MR) is 74.8 cm³/mol. The van der Waals surface area contributed by atoms with Crippen LogP contribution in [0.25, 0.3) is 0 Å². The molecule has 0 aliphatic heterocycles. The fourth-order valence-corrected chi connectivity index (χ4v) is 1.76. The van der Waals surface area contributed by atoms with E-state index in [2.05, 4.69) is 22.2 Å². The molecule has 1 aromatic heterocycles. The minimum Gasteiger partial charge on any atom is -0.477 e. The van der Waals surface area contributed by atoms with Crippen molar-refractivity contribution in [2.24, 2.45) is 0 Å². The summed E-state index contributed by atoms with van der Waals surface area (Å²) in [5, 5.41) is 3.30. The lowest BCUT2D eigenvalue weighted by molar-refractivity contribution is 0.170. The van der Waals surface area contributed by atoms with Crippen molar-refractivity contribution in [3.63, 3.8) is 0 Å². The summed E-state index contributed by atoms with van der Waals surface area (Å²) in [5.74, 6) is 3.00. The van der Waals surface area contributed by atoms with E-state index in [0.29, 0.717) is 25.0 Å². The normalized spacial score (nSPS) is 14.4. The molecule has 0 unspecified atom stereocenters. The smallest absolute Gasteiger partial charge is 0.218 e. The van der Waals surface area contributed by atoms with Gasteiger partial charge in [0.05, 0.1) is 6.61 Å². The second kappa shape index (κ2) is 7.28. The van der Waals surface area contributed by atoms with Gasteiger partial charge in [-0.3, -0.25) is 0 Å². The van der Waals surface area contributed by atoms with Gasteiger partial charge >= 0.3 is 0 Å². The van der Waals surface area contributed by atoms with Gasteiger partial charge in [0.2, 0.25) is 5.88 Å². The van der Waals surface area contributed by atoms with E-state index in [-0.39, 0.29) is 0 Å². The number of ether oxygens (including phenoxy) is 2. The van der Waals surface area contributed by atoms with Gasteiger partial charge in [0, 0.05) is 38.7 Å². The molecule has 0 bridgehead atoms. The summed E-state index contributed by atoms with van der Waals surface area (Å²) in [6.45, 7) is 4.39. The number of hydrogen-bond donors (Lipinski definition) is 1. The third-order valence-corrected chi connectivity index (χ3v) is 2.96. The molecular formula is C14H23N3O2. The Morgan fingerprint density at radius 3 is 2.84 bits per heavy atom. The summed E-state index contributed by atoms with van der Waals surface area (Å²) in [6, 6.07) is 1.88. The Labute approximate surface area is 114 Å². The van der Waals surface area contributed by atoms with Crippen LogP contribution in [0.1, 0.15) is 44.3 Å². The number of nitrogens with one attached hydrogen (secondary N) is 1. The van der Waals surface area contributed by atoms with E-state index in [9.17, 15) is 0 Å². The molecule has 2 rings (SSSR count). The first-order chi connectivity index (χ1) is 9.33. The van der Waals surface area contributed by atoms with E-state index in [4.69, 9.17) is 9.47 Å². The average Bonchev–Trinajstić information content (AvgIpc) is 3.26. The Bertz CT molecular complexity index is 394. The summed E-state index contributed by atoms with van der Waals surface area (Å²) in [7, 11) is 1.70. The van der Waals surface area contributed by atoms with Gasteiger partial charge in [0.25, 0.3) is 0 Å². The fraction of sp³-hybridized carbons (Fsp3) is 0.714. The van der Waals surface area contributed by atoms with Gasteiger partial charge in [-0.05, 0) is 19.3 Å². The van der Waals surface area contributed by atoms with Crippen LogP contribution in [0.3, 0.4) is 0 Å². The van der Waals surface area contributed by atoms with Crippen LogP contribution in [-0.2, 0) is 4.74 Å². The first kappa shape index (κ1) is 14.1. The highest BCUT2D eigenvalue weighted by atomic mass is 16.5. The summed E-state index contributed by atoms with van der Waals surface area (Å²) in [4.78, 5) is 9.04. The van der Waals surface area contributed by atoms with Crippen LogP contribution in [0.15, 0.2) is 6.07 Å². The molecule has 1 saturated carbocycles. The molecule has 1 aromatic rings. The molecule has 0 aromatic carbocycles. The number of anilines is 1. The molecule has 19 heavy (non-hydrogen) atoms. The molecular weight excluding hydrogens is 242 g/mol. The number of hydrogen-bond acceptors (Lipinski definition) is 5. The second-order valence-electron chi connectivity index (χ2n) is 4.85. The van der Waals surface area contributed by atoms with Crippen LogP contribution in [0.5, 0.6) is 5.88 Å². The Morgan fingerprint density at radius 2 is 2.16 bits per heavy atom. The molecule has 1 heterocycles. The molecule has 106 valence electrons. The lowest BCUT2D eigenvalue weighted by Crippen LogP contribution is -2.08. The first-order valence-corrected chi connectivity index (χ1v) is 7.08. The quantitative estimate of drug-likeness (QED) is 0.695. The molecule has 0 amide bonds. The summed E-state index contributed by atoms with van der Waals surface area (Å²) < 4.78 is 10.7. The topological polar surface area (TPSA) is 56.3 Å². The van der Waals surface area contributed by atoms with Crippen LogP contribution in [0.2, 0.25) is 0 Å². The number of nitrogens with zero attached hydrogens (tertiary/aromatic N) is 2. The highest BCUT2D eigenvalue weighted by Crippen LogP contribution is 2.39. The molecule has 1 aliphatic carbocycles. The summed E-state index contributed by atoms with van der Waals surface area (Å²) in [6.07, 6.45) is 4.34. The number of methoxy groups -OCH3 is 1. The maximum Gasteiger partial charge on any atom is 0.218 e. The summed E-state index contributed by atoms with van der Waals surface area (Å²) in [5.41, 5.74) is 0. The molecule has 1 aliphatic rings. The van der Waals surface area contributed by atoms with Crippen LogP contribution >= 0.6 is 0 Å². The van der Waals surface area contributed by atoms with E-state index in [1.165, 1.54) is 12.8 Å². The Kier molecular flexibility index (Phi) is 5.39. The largest absolute Gasteiger partial charge is 0.477 e. The lowest BCUT2D eigenvalue weighted by atomic mass is 10.3. The van der Waals surface area contributed by atoms with E-state index in [1.807, 2.05) is 6.07 Å². The Hall–Kier alpha value is -1.36. The van der Waals surface area contributed by atoms with E-state index < -0.39 is 0 Å². The SMILES string of the molecule is CCCNc1cc(OCCCOC)nc(C2CC2)n1. The van der Waals surface area contributed by atoms with Gasteiger partial charge in [0.15, 0.2) is 0 Å². The highest BCUT2D eigenvalue weighted by Gasteiger charge is 2.27. The Morgan fingerprint density at radius 1 is 1.32 bits per heavy atom. The van der Waals surface area contributed by atoms with E-state index >= 15 is 0 Å². The highest BCUT2D eigenvalue weighted by molar-refractivity contribution is 5.39. The van der Waals surface area contributed by atoms with Crippen molar-refractivity contribution in [1.82, 2.24) is 9.97 Å². The van der Waals surface area contributed by atoms with Crippen molar-refractivity contribution in [2.45, 2.75) is 38.5 Å². The summed E-state index contributed by atoms with van der Waals surface area (Å²) >= 11 is 0. The van der Waals surface area contributed by atoms with Crippen molar-refractivity contribution in [3.05, 3.63) is 11.9 Å². The van der Waals surface area contributed by atoms with Gasteiger partial charge in [-0.2, -0.15) is 4.98 Å². The van der Waals surface area contributed by atoms with Crippen LogP contribution in [0, 0.1) is 0 Å². The average molecular weight is 265 g/mol. The zero-order chi connectivity index (χ0) is 13.5. The molecule has 5 nitrogen and oxygen atoms in total. The van der Waals surface area contributed by atoms with Gasteiger partial charge in [-0.1, -0.05) is 6.92 Å². The molecule has 1 N–H and O–H groups in total. The zero-order valence-electron chi connectivity index (χ0n) is 11.8. The van der Waals surface area contributed by atoms with Crippen molar-refractivity contribution in [3.8, 4) is 5.88 Å². The van der Waals surface area contributed by atoms with Crippen LogP contribution in [-0.4, -0.2) is 36.8 Å². The van der Waals surface area contributed by atoms with Crippen molar-refractivity contribution < 1.29 is 9.47 Å². The van der Waals surface area contributed by atoms with Gasteiger partial charge < -0.3 is 14.8 Å². The molecule has 5 heteroatoms. The third kappa shape index (κ3) is 4.67.